The number of amides is 1. The van der Waals surface area contributed by atoms with E-state index >= 15 is 0 Å². The molecule has 0 spiro atoms. The first-order chi connectivity index (χ1) is 20.0. The maximum atomic E-state index is 13.8. The summed E-state index contributed by atoms with van der Waals surface area (Å²) in [6, 6.07) is 9.54. The molecule has 5 rings (SSSR count). The highest BCUT2D eigenvalue weighted by molar-refractivity contribution is 5.90. The quantitative estimate of drug-likeness (QED) is 0.236. The van der Waals surface area contributed by atoms with Gasteiger partial charge in [-0.15, -0.1) is 0 Å². The maximum Gasteiger partial charge on any atom is 0.246 e. The van der Waals surface area contributed by atoms with E-state index in [2.05, 4.69) is 30.6 Å². The summed E-state index contributed by atoms with van der Waals surface area (Å²) in [6.07, 6.45) is 6.66. The van der Waals surface area contributed by atoms with E-state index < -0.39 is 17.5 Å². The molecule has 13 heteroatoms. The molecule has 0 bridgehead atoms. The minimum absolute atomic E-state index is 0.0982. The number of aliphatic hydroxyl groups is 1. The molecule has 0 radical (unpaired) electrons. The van der Waals surface area contributed by atoms with E-state index in [1.165, 1.54) is 23.0 Å². The van der Waals surface area contributed by atoms with E-state index in [9.17, 15) is 18.7 Å². The smallest absolute Gasteiger partial charge is 0.246 e. The fourth-order valence-corrected chi connectivity index (χ4v) is 4.67. The Bertz CT molecular complexity index is 1480. The molecular weight excluding hydrogens is 536 g/mol. The predicted molar refractivity (Wildman–Crippen MR) is 148 cm³/mol. The number of fused-ring (bicyclic) bond motifs is 1. The van der Waals surface area contributed by atoms with Crippen LogP contribution in [0.1, 0.15) is 12.8 Å². The van der Waals surface area contributed by atoms with E-state index in [1.54, 1.807) is 12.4 Å². The van der Waals surface area contributed by atoms with Gasteiger partial charge < -0.3 is 25.2 Å². The normalized spacial score (nSPS) is 14.0. The van der Waals surface area contributed by atoms with Crippen molar-refractivity contribution in [2.75, 3.05) is 50.2 Å². The monoisotopic (exact) mass is 567 g/mol. The number of anilines is 3. The molecule has 11 nitrogen and oxygen atoms in total. The van der Waals surface area contributed by atoms with Crippen molar-refractivity contribution in [1.82, 2.24) is 24.6 Å². The Kier molecular flexibility index (Phi) is 9.29. The summed E-state index contributed by atoms with van der Waals surface area (Å²) in [6.45, 7) is 3.13. The van der Waals surface area contributed by atoms with Gasteiger partial charge in [0.15, 0.2) is 11.6 Å². The minimum atomic E-state index is -1.12. The number of carbonyl (C=O) groups is 1. The number of aliphatic hydroxyl groups excluding tert-OH is 1. The molecule has 41 heavy (non-hydrogen) atoms. The van der Waals surface area contributed by atoms with Gasteiger partial charge in [-0.05, 0) is 37.1 Å². The number of hydrogen-bond donors (Lipinski definition) is 3. The second-order valence-corrected chi connectivity index (χ2v) is 9.57. The van der Waals surface area contributed by atoms with Crippen molar-refractivity contribution in [3.05, 3.63) is 66.6 Å². The van der Waals surface area contributed by atoms with E-state index in [1.807, 2.05) is 18.2 Å². The van der Waals surface area contributed by atoms with Gasteiger partial charge in [0.2, 0.25) is 11.9 Å². The van der Waals surface area contributed by atoms with Gasteiger partial charge >= 0.3 is 0 Å². The summed E-state index contributed by atoms with van der Waals surface area (Å²) in [5, 5.41) is 19.8. The van der Waals surface area contributed by atoms with Crippen molar-refractivity contribution >= 4 is 34.1 Å². The minimum Gasteiger partial charge on any atom is -0.492 e. The zero-order valence-corrected chi connectivity index (χ0v) is 22.3. The van der Waals surface area contributed by atoms with Crippen molar-refractivity contribution in [3.8, 4) is 5.75 Å². The number of nitrogens with zero attached hydrogens (tertiary/aromatic N) is 5. The molecule has 0 atom stereocenters. The van der Waals surface area contributed by atoms with Crippen LogP contribution in [0.2, 0.25) is 0 Å². The van der Waals surface area contributed by atoms with Crippen molar-refractivity contribution in [3.63, 3.8) is 0 Å². The number of carbonyl (C=O) groups excluding carboxylic acids is 1. The van der Waals surface area contributed by atoms with Gasteiger partial charge in [0, 0.05) is 56.2 Å². The Hall–Kier alpha value is -4.20. The molecule has 1 saturated heterocycles. The Labute approximate surface area is 235 Å². The van der Waals surface area contributed by atoms with Crippen LogP contribution in [0.25, 0.3) is 10.9 Å². The van der Waals surface area contributed by atoms with Crippen LogP contribution >= 0.6 is 0 Å². The highest BCUT2D eigenvalue weighted by Crippen LogP contribution is 2.22. The third-order valence-corrected chi connectivity index (χ3v) is 6.72. The van der Waals surface area contributed by atoms with Gasteiger partial charge in [0.1, 0.15) is 18.9 Å². The number of benzene rings is 2. The Balaban J connectivity index is 1.17. The average molecular weight is 568 g/mol. The molecule has 3 N–H and O–H groups in total. The van der Waals surface area contributed by atoms with Crippen LogP contribution in [0.4, 0.5) is 26.1 Å². The summed E-state index contributed by atoms with van der Waals surface area (Å²) in [7, 11) is 0. The van der Waals surface area contributed by atoms with E-state index in [-0.39, 0.29) is 18.8 Å². The molecule has 216 valence electrons. The highest BCUT2D eigenvalue weighted by atomic mass is 19.2. The molecule has 0 aliphatic carbocycles. The van der Waals surface area contributed by atoms with Gasteiger partial charge in [-0.25, -0.2) is 18.7 Å². The number of hydrogen-bond acceptors (Lipinski definition) is 9. The van der Waals surface area contributed by atoms with Crippen molar-refractivity contribution in [1.29, 1.82) is 0 Å². The molecular formula is C28H31F2N7O4. The van der Waals surface area contributed by atoms with Crippen LogP contribution in [-0.2, 0) is 16.1 Å². The number of halogens is 2. The summed E-state index contributed by atoms with van der Waals surface area (Å²) >= 11 is 0. The topological polar surface area (TPSA) is 127 Å². The lowest BCUT2D eigenvalue weighted by atomic mass is 10.1. The zero-order valence-electron chi connectivity index (χ0n) is 22.3. The average Bonchev–Trinajstić information content (AvgIpc) is 3.41. The maximum absolute atomic E-state index is 13.8. The fourth-order valence-electron chi connectivity index (χ4n) is 4.67. The first-order valence-electron chi connectivity index (χ1n) is 13.3. The van der Waals surface area contributed by atoms with E-state index in [0.29, 0.717) is 48.6 Å². The molecule has 4 aromatic rings. The van der Waals surface area contributed by atoms with Gasteiger partial charge in [0.25, 0.3) is 0 Å². The van der Waals surface area contributed by atoms with Gasteiger partial charge in [-0.1, -0.05) is 6.07 Å². The summed E-state index contributed by atoms with van der Waals surface area (Å²) < 4.78 is 40.0. The number of ether oxygens (including phenoxy) is 2. The van der Waals surface area contributed by atoms with Crippen LogP contribution in [0, 0.1) is 11.6 Å². The first-order valence-corrected chi connectivity index (χ1v) is 13.3. The highest BCUT2D eigenvalue weighted by Gasteiger charge is 2.21. The molecule has 3 heterocycles. The standard InChI is InChI=1S/C28H31F2N7O4/c29-23-2-1-3-24(27(23)30)34-26(39)18-37-17-20(16-32-37)33-28-31-15-19-4-5-22(14-25(19)35-28)41-13-9-36(8-10-38)21-6-11-40-12-7-21/h1-5,14-17,21,38H,6-13,18H2,(H,34,39)(H,31,33,35). The first kappa shape index (κ1) is 28.3. The molecule has 1 fully saturated rings. The lowest BCUT2D eigenvalue weighted by Gasteiger charge is -2.33. The van der Waals surface area contributed by atoms with Crippen LogP contribution in [0.3, 0.4) is 0 Å². The third-order valence-electron chi connectivity index (χ3n) is 6.72. The lowest BCUT2D eigenvalue weighted by Crippen LogP contribution is -2.43. The second-order valence-electron chi connectivity index (χ2n) is 9.57. The molecule has 0 unspecified atom stereocenters. The third kappa shape index (κ3) is 7.51. The van der Waals surface area contributed by atoms with Crippen LogP contribution in [0.5, 0.6) is 5.75 Å². The SMILES string of the molecule is O=C(Cn1cc(Nc2ncc3ccc(OCCN(CCO)C4CCOCC4)cc3n2)cn1)Nc1cccc(F)c1F. The van der Waals surface area contributed by atoms with E-state index in [4.69, 9.17) is 9.47 Å². The Morgan fingerprint density at radius 3 is 2.85 bits per heavy atom. The Morgan fingerprint density at radius 1 is 1.17 bits per heavy atom. The molecule has 1 aliphatic heterocycles. The zero-order chi connectivity index (χ0) is 28.6. The van der Waals surface area contributed by atoms with Crippen molar-refractivity contribution < 1.29 is 28.2 Å². The van der Waals surface area contributed by atoms with Crippen LogP contribution in [-0.4, -0.2) is 81.2 Å². The van der Waals surface area contributed by atoms with Crippen molar-refractivity contribution in [2.45, 2.75) is 25.4 Å². The van der Waals surface area contributed by atoms with Gasteiger partial charge in [0.05, 0.1) is 29.7 Å². The van der Waals surface area contributed by atoms with E-state index in [0.717, 1.165) is 37.5 Å². The number of rotatable bonds is 12. The fraction of sp³-hybridized carbons (Fsp3) is 0.357. The van der Waals surface area contributed by atoms with Gasteiger partial charge in [-0.2, -0.15) is 5.10 Å². The number of nitrogens with one attached hydrogen (secondary N) is 2. The molecule has 2 aromatic heterocycles. The Morgan fingerprint density at radius 2 is 2.02 bits per heavy atom. The molecule has 1 amide bonds. The van der Waals surface area contributed by atoms with Crippen molar-refractivity contribution in [2.24, 2.45) is 0 Å². The number of aromatic nitrogens is 4. The van der Waals surface area contributed by atoms with Crippen LogP contribution < -0.4 is 15.4 Å². The largest absolute Gasteiger partial charge is 0.492 e. The van der Waals surface area contributed by atoms with Gasteiger partial charge in [-0.3, -0.25) is 14.4 Å². The molecule has 0 saturated carbocycles. The summed E-state index contributed by atoms with van der Waals surface area (Å²) in [5.74, 6) is -1.73. The predicted octanol–water partition coefficient (Wildman–Crippen LogP) is 3.34. The lowest BCUT2D eigenvalue weighted by molar-refractivity contribution is -0.116. The second kappa shape index (κ2) is 13.4. The van der Waals surface area contributed by atoms with Crippen LogP contribution in [0.15, 0.2) is 55.0 Å². The molecule has 2 aromatic carbocycles. The summed E-state index contributed by atoms with van der Waals surface area (Å²) in [5.41, 5.74) is 0.981. The summed E-state index contributed by atoms with van der Waals surface area (Å²) in [4.78, 5) is 23.4. The molecule has 1 aliphatic rings.